The Bertz CT molecular complexity index is 572. The van der Waals surface area contributed by atoms with E-state index in [1.54, 1.807) is 6.07 Å². The minimum Gasteiger partial charge on any atom is -0.494 e. The number of para-hydroxylation sites is 1. The lowest BCUT2D eigenvalue weighted by atomic mass is 10.0. The van der Waals surface area contributed by atoms with E-state index >= 15 is 0 Å². The molecule has 0 saturated carbocycles. The second-order valence-electron chi connectivity index (χ2n) is 4.01. The van der Waals surface area contributed by atoms with Crippen molar-refractivity contribution in [1.82, 2.24) is 0 Å². The molecule has 0 fully saturated rings. The number of rotatable bonds is 4. The summed E-state index contributed by atoms with van der Waals surface area (Å²) in [5.74, 6) is -0.964. The van der Waals surface area contributed by atoms with Crippen molar-refractivity contribution < 1.29 is 13.5 Å². The van der Waals surface area contributed by atoms with Gasteiger partial charge in [0.15, 0.2) is 11.6 Å². The lowest BCUT2D eigenvalue weighted by molar-refractivity contribution is 0.337. The minimum absolute atomic E-state index is 0.245. The fraction of sp³-hybridized carbons (Fsp3) is 0.200. The van der Waals surface area contributed by atoms with Gasteiger partial charge in [0.2, 0.25) is 0 Å². The Morgan fingerprint density at radius 1 is 1.11 bits per heavy atom. The zero-order valence-electron chi connectivity index (χ0n) is 10.4. The minimum atomic E-state index is -0.851. The van der Waals surface area contributed by atoms with Crippen molar-refractivity contribution in [1.29, 1.82) is 0 Å². The molecular weight excluding hydrogens is 314 g/mol. The first-order chi connectivity index (χ1) is 9.13. The Kier molecular flexibility index (Phi) is 4.53. The molecule has 2 aromatic rings. The fourth-order valence-electron chi connectivity index (χ4n) is 1.83. The molecule has 0 aromatic heterocycles. The Labute approximate surface area is 119 Å². The summed E-state index contributed by atoms with van der Waals surface area (Å²) < 4.78 is 31.8. The molecule has 0 saturated heterocycles. The summed E-state index contributed by atoms with van der Waals surface area (Å²) in [7, 11) is 0. The molecule has 2 rings (SSSR count). The highest BCUT2D eigenvalue weighted by atomic mass is 79.9. The highest BCUT2D eigenvalue weighted by Gasteiger charge is 2.16. The van der Waals surface area contributed by atoms with Crippen LogP contribution in [0.25, 0.3) is 0 Å². The topological polar surface area (TPSA) is 9.23 Å². The van der Waals surface area contributed by atoms with Gasteiger partial charge in [-0.3, -0.25) is 0 Å². The van der Waals surface area contributed by atoms with E-state index in [-0.39, 0.29) is 4.83 Å². The molecule has 0 radical (unpaired) electrons. The molecular formula is C15H13BrF2O. The quantitative estimate of drug-likeness (QED) is 0.730. The maximum atomic E-state index is 13.3. The van der Waals surface area contributed by atoms with Crippen LogP contribution < -0.4 is 4.74 Å². The molecule has 0 aliphatic heterocycles. The van der Waals surface area contributed by atoms with E-state index in [0.717, 1.165) is 17.4 Å². The molecule has 0 heterocycles. The van der Waals surface area contributed by atoms with Crippen molar-refractivity contribution in [2.75, 3.05) is 6.61 Å². The molecule has 0 aliphatic rings. The summed E-state index contributed by atoms with van der Waals surface area (Å²) >= 11 is 3.50. The molecule has 4 heteroatoms. The number of ether oxygens (including phenoxy) is 1. The molecule has 0 aliphatic carbocycles. The van der Waals surface area contributed by atoms with E-state index in [0.29, 0.717) is 12.2 Å². The second-order valence-corrected chi connectivity index (χ2v) is 4.92. The van der Waals surface area contributed by atoms with E-state index in [4.69, 9.17) is 4.74 Å². The predicted molar refractivity (Wildman–Crippen MR) is 74.7 cm³/mol. The van der Waals surface area contributed by atoms with Gasteiger partial charge in [-0.05, 0) is 30.7 Å². The maximum Gasteiger partial charge on any atom is 0.159 e. The van der Waals surface area contributed by atoms with Gasteiger partial charge in [0.1, 0.15) is 5.75 Å². The first-order valence-corrected chi connectivity index (χ1v) is 6.85. The van der Waals surface area contributed by atoms with Gasteiger partial charge in [-0.2, -0.15) is 0 Å². The average Bonchev–Trinajstić information content (AvgIpc) is 2.42. The van der Waals surface area contributed by atoms with Crippen molar-refractivity contribution in [3.8, 4) is 5.75 Å². The Morgan fingerprint density at radius 3 is 2.53 bits per heavy atom. The van der Waals surface area contributed by atoms with Gasteiger partial charge in [-0.15, -0.1) is 0 Å². The molecule has 0 amide bonds. The van der Waals surface area contributed by atoms with Crippen LogP contribution in [0.5, 0.6) is 5.75 Å². The largest absolute Gasteiger partial charge is 0.494 e. The van der Waals surface area contributed by atoms with Crippen LogP contribution in [0.2, 0.25) is 0 Å². The molecule has 1 atom stereocenters. The van der Waals surface area contributed by atoms with Crippen LogP contribution in [0.15, 0.2) is 42.5 Å². The molecule has 2 aromatic carbocycles. The SMILES string of the molecule is CCOc1ccccc1C(Br)c1ccc(F)c(F)c1. The summed E-state index contributed by atoms with van der Waals surface area (Å²) in [5.41, 5.74) is 1.53. The Morgan fingerprint density at radius 2 is 1.84 bits per heavy atom. The first kappa shape index (κ1) is 14.0. The molecule has 19 heavy (non-hydrogen) atoms. The third-order valence-corrected chi connectivity index (χ3v) is 3.75. The molecule has 0 spiro atoms. The van der Waals surface area contributed by atoms with Crippen molar-refractivity contribution in [2.24, 2.45) is 0 Å². The highest BCUT2D eigenvalue weighted by Crippen LogP contribution is 2.36. The summed E-state index contributed by atoms with van der Waals surface area (Å²) in [4.78, 5) is -0.245. The van der Waals surface area contributed by atoms with Crippen molar-refractivity contribution in [3.63, 3.8) is 0 Å². The van der Waals surface area contributed by atoms with Crippen LogP contribution in [0.3, 0.4) is 0 Å². The van der Waals surface area contributed by atoms with E-state index in [2.05, 4.69) is 15.9 Å². The Hall–Kier alpha value is -1.42. The summed E-state index contributed by atoms with van der Waals surface area (Å²) in [5, 5.41) is 0. The van der Waals surface area contributed by atoms with E-state index in [1.165, 1.54) is 6.07 Å². The fourth-order valence-corrected chi connectivity index (χ4v) is 2.49. The van der Waals surface area contributed by atoms with Gasteiger partial charge in [-0.1, -0.05) is 40.2 Å². The normalized spacial score (nSPS) is 12.2. The average molecular weight is 327 g/mol. The first-order valence-electron chi connectivity index (χ1n) is 5.94. The molecule has 100 valence electrons. The van der Waals surface area contributed by atoms with Crippen molar-refractivity contribution in [2.45, 2.75) is 11.8 Å². The van der Waals surface area contributed by atoms with Crippen molar-refractivity contribution >= 4 is 15.9 Å². The summed E-state index contributed by atoms with van der Waals surface area (Å²) in [6.45, 7) is 2.45. The number of halogens is 3. The van der Waals surface area contributed by atoms with Gasteiger partial charge in [0.05, 0.1) is 11.4 Å². The van der Waals surface area contributed by atoms with Crippen LogP contribution in [-0.4, -0.2) is 6.61 Å². The molecule has 0 N–H and O–H groups in total. The van der Waals surface area contributed by atoms with E-state index in [1.807, 2.05) is 31.2 Å². The van der Waals surface area contributed by atoms with Crippen LogP contribution in [0, 0.1) is 11.6 Å². The standard InChI is InChI=1S/C15H13BrF2O/c1-2-19-14-6-4-3-5-11(14)15(16)10-7-8-12(17)13(18)9-10/h3-9,15H,2H2,1H3. The number of hydrogen-bond acceptors (Lipinski definition) is 1. The summed E-state index contributed by atoms with van der Waals surface area (Å²) in [6.07, 6.45) is 0. The molecule has 1 unspecified atom stereocenters. The zero-order valence-corrected chi connectivity index (χ0v) is 12.0. The predicted octanol–water partition coefficient (Wildman–Crippen LogP) is 4.85. The smallest absolute Gasteiger partial charge is 0.159 e. The molecule has 0 bridgehead atoms. The van der Waals surface area contributed by atoms with Crippen LogP contribution in [0.4, 0.5) is 8.78 Å². The monoisotopic (exact) mass is 326 g/mol. The third-order valence-electron chi connectivity index (χ3n) is 2.73. The van der Waals surface area contributed by atoms with Gasteiger partial charge >= 0.3 is 0 Å². The van der Waals surface area contributed by atoms with E-state index < -0.39 is 11.6 Å². The zero-order chi connectivity index (χ0) is 13.8. The Balaban J connectivity index is 2.37. The maximum absolute atomic E-state index is 13.3. The van der Waals surface area contributed by atoms with Crippen molar-refractivity contribution in [3.05, 3.63) is 65.2 Å². The third kappa shape index (κ3) is 3.13. The lowest BCUT2D eigenvalue weighted by Gasteiger charge is -2.15. The lowest BCUT2D eigenvalue weighted by Crippen LogP contribution is -2.00. The van der Waals surface area contributed by atoms with Gasteiger partial charge in [-0.25, -0.2) is 8.78 Å². The van der Waals surface area contributed by atoms with Gasteiger partial charge < -0.3 is 4.74 Å². The number of alkyl halides is 1. The number of hydrogen-bond donors (Lipinski definition) is 0. The van der Waals surface area contributed by atoms with Crippen LogP contribution in [0.1, 0.15) is 22.9 Å². The number of benzene rings is 2. The molecule has 1 nitrogen and oxygen atoms in total. The van der Waals surface area contributed by atoms with Gasteiger partial charge in [0.25, 0.3) is 0 Å². The van der Waals surface area contributed by atoms with Crippen LogP contribution >= 0.6 is 15.9 Å². The van der Waals surface area contributed by atoms with E-state index in [9.17, 15) is 8.78 Å². The summed E-state index contributed by atoms with van der Waals surface area (Å²) in [6, 6.07) is 11.4. The van der Waals surface area contributed by atoms with Gasteiger partial charge in [0, 0.05) is 5.56 Å². The van der Waals surface area contributed by atoms with Crippen LogP contribution in [-0.2, 0) is 0 Å². The second kappa shape index (κ2) is 6.15. The highest BCUT2D eigenvalue weighted by molar-refractivity contribution is 9.09.